The van der Waals surface area contributed by atoms with E-state index in [0.29, 0.717) is 22.8 Å². The lowest BCUT2D eigenvalue weighted by atomic mass is 10.0. The molecule has 2 N–H and O–H groups in total. The number of hydrogen-bond donors (Lipinski definition) is 2. The standard InChI is InChI=1S/C25H26N2O5.C5H10O2/c1-30-21-13-17(14-22(31-2)24(21)32-3)15-26-23(28)16-27-25(29)20-11-9-19(10-12-20)18-7-5-4-6-8-18;1-4(2)5(6)7-3/h4-14H,15-16H2,1-3H3,(H,26,28)(H,27,29);4H,1-3H3. The number of carbonyl (C=O) groups is 3. The van der Waals surface area contributed by atoms with Crippen LogP contribution in [0.25, 0.3) is 11.1 Å². The zero-order chi connectivity index (χ0) is 28.8. The van der Waals surface area contributed by atoms with Crippen LogP contribution in [0.15, 0.2) is 66.7 Å². The number of benzene rings is 3. The van der Waals surface area contributed by atoms with Gasteiger partial charge in [0, 0.05) is 12.1 Å². The molecule has 208 valence electrons. The van der Waals surface area contributed by atoms with E-state index in [1.54, 1.807) is 38.1 Å². The molecule has 2 amide bonds. The summed E-state index contributed by atoms with van der Waals surface area (Å²) in [7, 11) is 5.98. The lowest BCUT2D eigenvalue weighted by Gasteiger charge is -2.14. The first-order valence-corrected chi connectivity index (χ1v) is 12.3. The third-order valence-electron chi connectivity index (χ3n) is 5.55. The molecule has 0 bridgehead atoms. The maximum absolute atomic E-state index is 12.4. The third kappa shape index (κ3) is 9.37. The molecular formula is C30H36N2O7. The van der Waals surface area contributed by atoms with Crippen molar-refractivity contribution >= 4 is 17.8 Å². The van der Waals surface area contributed by atoms with E-state index in [-0.39, 0.29) is 36.8 Å². The summed E-state index contributed by atoms with van der Waals surface area (Å²) in [5, 5.41) is 5.41. The zero-order valence-corrected chi connectivity index (χ0v) is 23.2. The van der Waals surface area contributed by atoms with Gasteiger partial charge in [0.2, 0.25) is 11.7 Å². The molecule has 0 fully saturated rings. The Morgan fingerprint density at radius 1 is 0.744 bits per heavy atom. The summed E-state index contributed by atoms with van der Waals surface area (Å²) in [6.07, 6.45) is 0. The van der Waals surface area contributed by atoms with Crippen LogP contribution < -0.4 is 24.8 Å². The average molecular weight is 537 g/mol. The van der Waals surface area contributed by atoms with Crippen LogP contribution in [0.5, 0.6) is 17.2 Å². The van der Waals surface area contributed by atoms with Crippen LogP contribution in [0.1, 0.15) is 29.8 Å². The largest absolute Gasteiger partial charge is 0.493 e. The van der Waals surface area contributed by atoms with Gasteiger partial charge in [-0.15, -0.1) is 0 Å². The van der Waals surface area contributed by atoms with Gasteiger partial charge in [-0.1, -0.05) is 56.3 Å². The number of carbonyl (C=O) groups excluding carboxylic acids is 3. The predicted molar refractivity (Wildman–Crippen MR) is 149 cm³/mol. The number of hydrogen-bond acceptors (Lipinski definition) is 7. The fourth-order valence-corrected chi connectivity index (χ4v) is 3.44. The van der Waals surface area contributed by atoms with Gasteiger partial charge in [-0.25, -0.2) is 0 Å². The predicted octanol–water partition coefficient (Wildman–Crippen LogP) is 4.24. The highest BCUT2D eigenvalue weighted by atomic mass is 16.5. The topological polar surface area (TPSA) is 112 Å². The molecule has 0 unspecified atom stereocenters. The number of rotatable bonds is 10. The molecule has 39 heavy (non-hydrogen) atoms. The first kappa shape index (κ1) is 30.7. The summed E-state index contributed by atoms with van der Waals surface area (Å²) >= 11 is 0. The molecule has 0 atom stereocenters. The number of ether oxygens (including phenoxy) is 4. The molecule has 0 aliphatic rings. The quantitative estimate of drug-likeness (QED) is 0.373. The van der Waals surface area contributed by atoms with Crippen molar-refractivity contribution in [1.29, 1.82) is 0 Å². The van der Waals surface area contributed by atoms with E-state index >= 15 is 0 Å². The maximum Gasteiger partial charge on any atom is 0.308 e. The molecule has 0 aliphatic heterocycles. The third-order valence-corrected chi connectivity index (χ3v) is 5.55. The molecule has 3 aromatic rings. The van der Waals surface area contributed by atoms with E-state index in [2.05, 4.69) is 15.4 Å². The van der Waals surface area contributed by atoms with Crippen LogP contribution in [0.4, 0.5) is 0 Å². The zero-order valence-electron chi connectivity index (χ0n) is 23.2. The van der Waals surface area contributed by atoms with Gasteiger partial charge < -0.3 is 29.6 Å². The van der Waals surface area contributed by atoms with E-state index in [1.165, 1.54) is 28.4 Å². The minimum atomic E-state index is -0.312. The Balaban J connectivity index is 0.000000673. The summed E-state index contributed by atoms with van der Waals surface area (Å²) in [6.45, 7) is 3.71. The summed E-state index contributed by atoms with van der Waals surface area (Å²) in [5.74, 6) is 0.716. The summed E-state index contributed by atoms with van der Waals surface area (Å²) in [5.41, 5.74) is 3.36. The van der Waals surface area contributed by atoms with Crippen LogP contribution in [0.3, 0.4) is 0 Å². The van der Waals surface area contributed by atoms with Crippen molar-refractivity contribution in [1.82, 2.24) is 10.6 Å². The Labute approximate surface area is 229 Å². The van der Waals surface area contributed by atoms with Crippen LogP contribution in [-0.2, 0) is 20.9 Å². The number of esters is 1. The summed E-state index contributed by atoms with van der Waals surface area (Å²) in [4.78, 5) is 34.9. The first-order valence-electron chi connectivity index (χ1n) is 12.3. The molecule has 0 aliphatic carbocycles. The van der Waals surface area contributed by atoms with Gasteiger partial charge in [0.05, 0.1) is 40.9 Å². The van der Waals surface area contributed by atoms with Crippen molar-refractivity contribution in [3.05, 3.63) is 77.9 Å². The molecule has 0 heterocycles. The molecule has 0 radical (unpaired) electrons. The Bertz CT molecular complexity index is 1200. The molecule has 3 rings (SSSR count). The molecule has 9 nitrogen and oxygen atoms in total. The van der Waals surface area contributed by atoms with Gasteiger partial charge in [0.1, 0.15) is 0 Å². The highest BCUT2D eigenvalue weighted by molar-refractivity contribution is 5.96. The lowest BCUT2D eigenvalue weighted by molar-refractivity contribution is -0.144. The van der Waals surface area contributed by atoms with Gasteiger partial charge in [-0.3, -0.25) is 14.4 Å². The van der Waals surface area contributed by atoms with Crippen LogP contribution >= 0.6 is 0 Å². The molecule has 0 saturated heterocycles. The van der Waals surface area contributed by atoms with Gasteiger partial charge in [-0.05, 0) is 41.0 Å². The van der Waals surface area contributed by atoms with Gasteiger partial charge in [-0.2, -0.15) is 0 Å². The Kier molecular flexibility index (Phi) is 12.3. The van der Waals surface area contributed by atoms with E-state index < -0.39 is 0 Å². The maximum atomic E-state index is 12.4. The van der Waals surface area contributed by atoms with E-state index in [1.807, 2.05) is 42.5 Å². The van der Waals surface area contributed by atoms with Crippen LogP contribution in [0.2, 0.25) is 0 Å². The van der Waals surface area contributed by atoms with E-state index in [0.717, 1.165) is 16.7 Å². The van der Waals surface area contributed by atoms with Crippen LogP contribution in [0, 0.1) is 5.92 Å². The molecule has 0 aromatic heterocycles. The molecular weight excluding hydrogens is 500 g/mol. The lowest BCUT2D eigenvalue weighted by Crippen LogP contribution is -2.36. The van der Waals surface area contributed by atoms with E-state index in [9.17, 15) is 14.4 Å². The second-order valence-electron chi connectivity index (χ2n) is 8.61. The van der Waals surface area contributed by atoms with E-state index in [4.69, 9.17) is 14.2 Å². The van der Waals surface area contributed by atoms with Crippen molar-refractivity contribution in [2.24, 2.45) is 5.92 Å². The SMILES string of the molecule is COC(=O)C(C)C.COc1cc(CNC(=O)CNC(=O)c2ccc(-c3ccccc3)cc2)cc(OC)c1OC. The Hall–Kier alpha value is -4.53. The minimum Gasteiger partial charge on any atom is -0.493 e. The first-order chi connectivity index (χ1) is 18.7. The highest BCUT2D eigenvalue weighted by Crippen LogP contribution is 2.38. The number of amides is 2. The fraction of sp³-hybridized carbons (Fsp3) is 0.300. The summed E-state index contributed by atoms with van der Waals surface area (Å²) < 4.78 is 20.3. The fourth-order valence-electron chi connectivity index (χ4n) is 3.44. The Morgan fingerprint density at radius 2 is 1.31 bits per heavy atom. The van der Waals surface area contributed by atoms with Crippen LogP contribution in [-0.4, -0.2) is 52.8 Å². The second kappa shape index (κ2) is 15.7. The monoisotopic (exact) mass is 536 g/mol. The minimum absolute atomic E-state index is 0.00463. The molecule has 9 heteroatoms. The number of methoxy groups -OCH3 is 4. The summed E-state index contributed by atoms with van der Waals surface area (Å²) in [6, 6.07) is 20.7. The number of nitrogens with one attached hydrogen (secondary N) is 2. The van der Waals surface area contributed by atoms with Gasteiger partial charge in [0.15, 0.2) is 11.5 Å². The smallest absolute Gasteiger partial charge is 0.308 e. The second-order valence-corrected chi connectivity index (χ2v) is 8.61. The van der Waals surface area contributed by atoms with Gasteiger partial charge in [0.25, 0.3) is 5.91 Å². The molecule has 0 spiro atoms. The van der Waals surface area contributed by atoms with Crippen molar-refractivity contribution in [3.8, 4) is 28.4 Å². The van der Waals surface area contributed by atoms with Crippen molar-refractivity contribution in [2.45, 2.75) is 20.4 Å². The Morgan fingerprint density at radius 3 is 1.77 bits per heavy atom. The van der Waals surface area contributed by atoms with Crippen molar-refractivity contribution in [3.63, 3.8) is 0 Å². The highest BCUT2D eigenvalue weighted by Gasteiger charge is 2.14. The molecule has 0 saturated carbocycles. The average Bonchev–Trinajstić information content (AvgIpc) is 2.98. The normalized spacial score (nSPS) is 10.0. The van der Waals surface area contributed by atoms with Crippen molar-refractivity contribution in [2.75, 3.05) is 35.0 Å². The van der Waals surface area contributed by atoms with Gasteiger partial charge >= 0.3 is 5.97 Å². The van der Waals surface area contributed by atoms with Crippen molar-refractivity contribution < 1.29 is 33.3 Å². The molecule has 3 aromatic carbocycles.